The fourth-order valence-corrected chi connectivity index (χ4v) is 2.95. The molecule has 0 spiro atoms. The molecule has 0 bridgehead atoms. The van der Waals surface area contributed by atoms with Crippen LogP contribution in [0, 0.1) is 5.82 Å². The Morgan fingerprint density at radius 1 is 0.955 bits per heavy atom. The first-order valence-corrected chi connectivity index (χ1v) is 7.84. The predicted molar refractivity (Wildman–Crippen MR) is 85.4 cm³/mol. The third kappa shape index (κ3) is 3.60. The molecule has 1 fully saturated rings. The molecule has 0 aliphatic carbocycles. The van der Waals surface area contributed by atoms with E-state index in [4.69, 9.17) is 0 Å². The van der Waals surface area contributed by atoms with Crippen molar-refractivity contribution in [3.63, 3.8) is 0 Å². The van der Waals surface area contributed by atoms with Gasteiger partial charge in [-0.3, -0.25) is 9.69 Å². The summed E-state index contributed by atoms with van der Waals surface area (Å²) in [6.45, 7) is 3.16. The van der Waals surface area contributed by atoms with Crippen LogP contribution in [0.3, 0.4) is 0 Å². The lowest BCUT2D eigenvalue weighted by Gasteiger charge is -2.26. The molecule has 114 valence electrons. The van der Waals surface area contributed by atoms with Gasteiger partial charge in [0.1, 0.15) is 5.82 Å². The third-order valence-electron chi connectivity index (χ3n) is 4.15. The van der Waals surface area contributed by atoms with E-state index in [2.05, 4.69) is 11.0 Å². The normalized spacial score (nSPS) is 15.7. The minimum absolute atomic E-state index is 0.0551. The van der Waals surface area contributed by atoms with Crippen LogP contribution < -0.4 is 0 Å². The Labute approximate surface area is 130 Å². The number of carbonyl (C=O) groups excluding carboxylic acids is 1. The highest BCUT2D eigenvalue weighted by Gasteiger charge is 2.13. The molecule has 3 rings (SSSR count). The molecule has 2 aromatic carbocycles. The summed E-state index contributed by atoms with van der Waals surface area (Å²) in [5.41, 5.74) is 2.35. The molecular weight excluding hydrogens is 277 g/mol. The van der Waals surface area contributed by atoms with Crippen LogP contribution in [0.1, 0.15) is 40.7 Å². The molecule has 0 unspecified atom stereocenters. The van der Waals surface area contributed by atoms with Crippen molar-refractivity contribution in [2.75, 3.05) is 13.1 Å². The molecule has 0 saturated carbocycles. The number of piperidine rings is 1. The topological polar surface area (TPSA) is 20.3 Å². The van der Waals surface area contributed by atoms with Gasteiger partial charge in [0.15, 0.2) is 5.78 Å². The number of halogens is 1. The number of nitrogens with zero attached hydrogens (tertiary/aromatic N) is 1. The first kappa shape index (κ1) is 14.9. The van der Waals surface area contributed by atoms with Crippen LogP contribution in [0.5, 0.6) is 0 Å². The zero-order chi connectivity index (χ0) is 15.4. The van der Waals surface area contributed by atoms with Crippen molar-refractivity contribution in [2.24, 2.45) is 0 Å². The lowest BCUT2D eigenvalue weighted by Crippen LogP contribution is -2.29. The van der Waals surface area contributed by atoms with Gasteiger partial charge in [0, 0.05) is 17.7 Å². The van der Waals surface area contributed by atoms with E-state index in [0.717, 1.165) is 25.2 Å². The van der Waals surface area contributed by atoms with E-state index in [-0.39, 0.29) is 11.6 Å². The number of rotatable bonds is 4. The van der Waals surface area contributed by atoms with E-state index < -0.39 is 0 Å². The average molecular weight is 297 g/mol. The number of ketones is 1. The van der Waals surface area contributed by atoms with Crippen molar-refractivity contribution in [1.29, 1.82) is 0 Å². The number of likely N-dealkylation sites (tertiary alicyclic amines) is 1. The van der Waals surface area contributed by atoms with Crippen LogP contribution in [0.15, 0.2) is 48.5 Å². The molecule has 0 amide bonds. The zero-order valence-electron chi connectivity index (χ0n) is 12.6. The zero-order valence-corrected chi connectivity index (χ0v) is 12.6. The highest BCUT2D eigenvalue weighted by molar-refractivity contribution is 6.09. The summed E-state index contributed by atoms with van der Waals surface area (Å²) < 4.78 is 13.0. The van der Waals surface area contributed by atoms with Gasteiger partial charge in [0.2, 0.25) is 0 Å². The Balaban J connectivity index is 1.75. The first-order chi connectivity index (χ1) is 10.7. The number of benzene rings is 2. The molecule has 1 aliphatic heterocycles. The second-order valence-electron chi connectivity index (χ2n) is 5.87. The van der Waals surface area contributed by atoms with Gasteiger partial charge < -0.3 is 0 Å². The molecule has 0 radical (unpaired) electrons. The Morgan fingerprint density at radius 2 is 1.68 bits per heavy atom. The Bertz CT molecular complexity index is 645. The van der Waals surface area contributed by atoms with Crippen molar-refractivity contribution in [1.82, 2.24) is 4.90 Å². The van der Waals surface area contributed by atoms with Gasteiger partial charge in [-0.1, -0.05) is 24.6 Å². The van der Waals surface area contributed by atoms with Crippen LogP contribution in [-0.4, -0.2) is 23.8 Å². The summed E-state index contributed by atoms with van der Waals surface area (Å²) in [7, 11) is 0. The molecule has 3 heteroatoms. The highest BCUT2D eigenvalue weighted by atomic mass is 19.1. The van der Waals surface area contributed by atoms with Crippen molar-refractivity contribution in [3.8, 4) is 0 Å². The Morgan fingerprint density at radius 3 is 2.41 bits per heavy atom. The van der Waals surface area contributed by atoms with Gasteiger partial charge in [0.25, 0.3) is 0 Å². The average Bonchev–Trinajstić information content (AvgIpc) is 2.56. The maximum absolute atomic E-state index is 13.0. The summed E-state index contributed by atoms with van der Waals surface area (Å²) in [4.78, 5) is 14.9. The van der Waals surface area contributed by atoms with E-state index in [9.17, 15) is 9.18 Å². The van der Waals surface area contributed by atoms with Crippen LogP contribution >= 0.6 is 0 Å². The number of hydrogen-bond donors (Lipinski definition) is 0. The van der Waals surface area contributed by atoms with E-state index in [1.165, 1.54) is 43.5 Å². The lowest BCUT2D eigenvalue weighted by atomic mass is 10.0. The second-order valence-corrected chi connectivity index (χ2v) is 5.87. The van der Waals surface area contributed by atoms with Crippen LogP contribution in [0.4, 0.5) is 4.39 Å². The molecule has 0 atom stereocenters. The van der Waals surface area contributed by atoms with Gasteiger partial charge in [-0.25, -0.2) is 4.39 Å². The molecule has 0 aromatic heterocycles. The minimum atomic E-state index is -0.324. The van der Waals surface area contributed by atoms with E-state index in [1.807, 2.05) is 18.2 Å². The first-order valence-electron chi connectivity index (χ1n) is 7.84. The SMILES string of the molecule is O=C(c1ccc(F)cc1)c1cccc(CN2CCCCC2)c1. The molecule has 2 nitrogen and oxygen atoms in total. The molecular formula is C19H20FNO. The minimum Gasteiger partial charge on any atom is -0.299 e. The van der Waals surface area contributed by atoms with E-state index in [0.29, 0.717) is 11.1 Å². The van der Waals surface area contributed by atoms with Crippen LogP contribution in [-0.2, 0) is 6.54 Å². The molecule has 0 N–H and O–H groups in total. The smallest absolute Gasteiger partial charge is 0.193 e. The van der Waals surface area contributed by atoms with Gasteiger partial charge >= 0.3 is 0 Å². The molecule has 2 aromatic rings. The van der Waals surface area contributed by atoms with Crippen molar-refractivity contribution in [2.45, 2.75) is 25.8 Å². The van der Waals surface area contributed by atoms with Crippen LogP contribution in [0.25, 0.3) is 0 Å². The highest BCUT2D eigenvalue weighted by Crippen LogP contribution is 2.16. The van der Waals surface area contributed by atoms with Crippen LogP contribution in [0.2, 0.25) is 0 Å². The monoisotopic (exact) mass is 297 g/mol. The quantitative estimate of drug-likeness (QED) is 0.794. The van der Waals surface area contributed by atoms with Gasteiger partial charge in [0.05, 0.1) is 0 Å². The largest absolute Gasteiger partial charge is 0.299 e. The summed E-state index contributed by atoms with van der Waals surface area (Å²) >= 11 is 0. The molecule has 22 heavy (non-hydrogen) atoms. The maximum atomic E-state index is 13.0. The standard InChI is InChI=1S/C19H20FNO/c20-18-9-7-16(8-10-18)19(22)17-6-4-5-15(13-17)14-21-11-2-1-3-12-21/h4-10,13H,1-3,11-12,14H2. The Kier molecular flexibility index (Phi) is 4.64. The predicted octanol–water partition coefficient (Wildman–Crippen LogP) is 4.04. The van der Waals surface area contributed by atoms with E-state index >= 15 is 0 Å². The summed E-state index contributed by atoms with van der Waals surface area (Å²) in [5, 5.41) is 0. The molecule has 1 heterocycles. The van der Waals surface area contributed by atoms with Crippen molar-refractivity contribution < 1.29 is 9.18 Å². The van der Waals surface area contributed by atoms with Gasteiger partial charge in [-0.2, -0.15) is 0 Å². The Hall–Kier alpha value is -2.00. The van der Waals surface area contributed by atoms with Crippen molar-refractivity contribution >= 4 is 5.78 Å². The van der Waals surface area contributed by atoms with Crippen molar-refractivity contribution in [3.05, 3.63) is 71.0 Å². The third-order valence-corrected chi connectivity index (χ3v) is 4.15. The maximum Gasteiger partial charge on any atom is 0.193 e. The lowest BCUT2D eigenvalue weighted by molar-refractivity contribution is 0.103. The summed E-state index contributed by atoms with van der Waals surface area (Å²) in [6.07, 6.45) is 3.84. The molecule has 1 aliphatic rings. The fraction of sp³-hybridized carbons (Fsp3) is 0.316. The number of hydrogen-bond acceptors (Lipinski definition) is 2. The van der Waals surface area contributed by atoms with Gasteiger partial charge in [-0.15, -0.1) is 0 Å². The van der Waals surface area contributed by atoms with Gasteiger partial charge in [-0.05, 0) is 61.8 Å². The summed E-state index contributed by atoms with van der Waals surface area (Å²) in [5.74, 6) is -0.379. The van der Waals surface area contributed by atoms with E-state index in [1.54, 1.807) is 0 Å². The molecule has 1 saturated heterocycles. The fourth-order valence-electron chi connectivity index (χ4n) is 2.95. The summed E-state index contributed by atoms with van der Waals surface area (Å²) in [6, 6.07) is 13.5. The second kappa shape index (κ2) is 6.84. The number of carbonyl (C=O) groups is 1.